The van der Waals surface area contributed by atoms with Gasteiger partial charge < -0.3 is 0 Å². The summed E-state index contributed by atoms with van der Waals surface area (Å²) in [5, 5.41) is 0. The Kier molecular flexibility index (Phi) is 7.23. The topological polar surface area (TPSA) is 0 Å². The van der Waals surface area contributed by atoms with Gasteiger partial charge >= 0.3 is 0 Å². The van der Waals surface area contributed by atoms with Crippen molar-refractivity contribution in [2.45, 2.75) is 26.2 Å². The predicted octanol–water partition coefficient (Wildman–Crippen LogP) is 3.57. The van der Waals surface area contributed by atoms with Crippen LogP contribution in [0.2, 0.25) is 0 Å². The van der Waals surface area contributed by atoms with E-state index in [0.29, 0.717) is 5.92 Å². The van der Waals surface area contributed by atoms with Gasteiger partial charge in [0.25, 0.3) is 0 Å². The SMILES string of the molecule is [CH2]C=CCC(C=C[CH2])CCC. The second-order valence-corrected chi connectivity index (χ2v) is 2.68. The fourth-order valence-corrected chi connectivity index (χ4v) is 1.13. The van der Waals surface area contributed by atoms with Crippen LogP contribution in [0.25, 0.3) is 0 Å². The van der Waals surface area contributed by atoms with E-state index in [2.05, 4.69) is 32.9 Å². The molecule has 0 aliphatic heterocycles. The molecule has 0 aromatic carbocycles. The highest BCUT2D eigenvalue weighted by atomic mass is 14.0. The van der Waals surface area contributed by atoms with Crippen LogP contribution in [0.15, 0.2) is 24.3 Å². The normalized spacial score (nSPS) is 14.8. The van der Waals surface area contributed by atoms with Gasteiger partial charge in [0.2, 0.25) is 0 Å². The van der Waals surface area contributed by atoms with Crippen LogP contribution in [0.3, 0.4) is 0 Å². The molecule has 0 fully saturated rings. The Hall–Kier alpha value is -0.520. The molecular weight excluding hydrogens is 132 g/mol. The Morgan fingerprint density at radius 3 is 2.45 bits per heavy atom. The summed E-state index contributed by atoms with van der Waals surface area (Å²) in [5.74, 6) is 0.662. The first-order valence-corrected chi connectivity index (χ1v) is 4.25. The zero-order valence-electron chi connectivity index (χ0n) is 7.42. The average Bonchev–Trinajstić information content (AvgIpc) is 2.01. The minimum Gasteiger partial charge on any atom is -0.0882 e. The largest absolute Gasteiger partial charge is 0.0882 e. The van der Waals surface area contributed by atoms with Crippen LogP contribution in [-0.4, -0.2) is 0 Å². The van der Waals surface area contributed by atoms with Crippen LogP contribution >= 0.6 is 0 Å². The molecule has 0 bridgehead atoms. The first kappa shape index (κ1) is 10.5. The fraction of sp³-hybridized carbons (Fsp3) is 0.455. The average molecular weight is 150 g/mol. The number of allylic oxidation sites excluding steroid dienone is 4. The first-order valence-electron chi connectivity index (χ1n) is 4.25. The van der Waals surface area contributed by atoms with Crippen molar-refractivity contribution in [3.05, 3.63) is 38.2 Å². The maximum atomic E-state index is 3.70. The van der Waals surface area contributed by atoms with E-state index in [1.54, 1.807) is 0 Å². The molecule has 0 heteroatoms. The van der Waals surface area contributed by atoms with E-state index in [9.17, 15) is 0 Å². The summed E-state index contributed by atoms with van der Waals surface area (Å²) >= 11 is 0. The van der Waals surface area contributed by atoms with Crippen LogP contribution < -0.4 is 0 Å². The third-order valence-electron chi connectivity index (χ3n) is 1.67. The molecule has 0 rings (SSSR count). The van der Waals surface area contributed by atoms with Gasteiger partial charge in [-0.25, -0.2) is 0 Å². The Labute approximate surface area is 71.0 Å². The molecule has 11 heavy (non-hydrogen) atoms. The maximum absolute atomic E-state index is 3.70. The van der Waals surface area contributed by atoms with Gasteiger partial charge in [-0.1, -0.05) is 37.6 Å². The molecule has 0 N–H and O–H groups in total. The van der Waals surface area contributed by atoms with Crippen molar-refractivity contribution in [3.8, 4) is 0 Å². The molecule has 0 amide bonds. The van der Waals surface area contributed by atoms with Crippen LogP contribution in [0.1, 0.15) is 26.2 Å². The Bertz CT molecular complexity index is 120. The lowest BCUT2D eigenvalue weighted by atomic mass is 9.99. The van der Waals surface area contributed by atoms with Gasteiger partial charge in [-0.05, 0) is 32.6 Å². The van der Waals surface area contributed by atoms with Crippen LogP contribution in [-0.2, 0) is 0 Å². The molecule has 0 heterocycles. The summed E-state index contributed by atoms with van der Waals surface area (Å²) in [4.78, 5) is 0. The number of hydrogen-bond acceptors (Lipinski definition) is 0. The molecule has 0 aliphatic rings. The Morgan fingerprint density at radius 1 is 1.27 bits per heavy atom. The van der Waals surface area contributed by atoms with E-state index in [1.807, 2.05) is 12.2 Å². The Morgan fingerprint density at radius 2 is 2.00 bits per heavy atom. The van der Waals surface area contributed by atoms with Crippen LogP contribution in [0, 0.1) is 19.8 Å². The van der Waals surface area contributed by atoms with Crippen molar-refractivity contribution >= 4 is 0 Å². The fourth-order valence-electron chi connectivity index (χ4n) is 1.13. The van der Waals surface area contributed by atoms with Gasteiger partial charge in [-0.2, -0.15) is 0 Å². The zero-order chi connectivity index (χ0) is 8.53. The molecule has 0 aromatic heterocycles. The second kappa shape index (κ2) is 7.59. The molecule has 62 valence electrons. The predicted molar refractivity (Wildman–Crippen MR) is 52.0 cm³/mol. The monoisotopic (exact) mass is 150 g/mol. The van der Waals surface area contributed by atoms with E-state index in [1.165, 1.54) is 12.8 Å². The molecule has 0 nitrogen and oxygen atoms in total. The minimum atomic E-state index is 0.662. The zero-order valence-corrected chi connectivity index (χ0v) is 7.42. The summed E-state index contributed by atoms with van der Waals surface area (Å²) in [6.07, 6.45) is 11.6. The summed E-state index contributed by atoms with van der Waals surface area (Å²) < 4.78 is 0. The Balaban J connectivity index is 3.68. The van der Waals surface area contributed by atoms with Gasteiger partial charge in [0.1, 0.15) is 0 Å². The summed E-state index contributed by atoms with van der Waals surface area (Å²) in [7, 11) is 0. The van der Waals surface area contributed by atoms with Crippen LogP contribution in [0.4, 0.5) is 0 Å². The third kappa shape index (κ3) is 5.90. The van der Waals surface area contributed by atoms with E-state index < -0.39 is 0 Å². The lowest BCUT2D eigenvalue weighted by Gasteiger charge is -2.06. The standard InChI is InChI=1S/C11H18/c1-4-7-10-11(8-5-2)9-6-3/h4-5,7-8,11H,1-2,6,9-10H2,3H3. The van der Waals surface area contributed by atoms with Crippen molar-refractivity contribution in [3.63, 3.8) is 0 Å². The molecule has 0 aromatic rings. The maximum Gasteiger partial charge on any atom is -0.0199 e. The van der Waals surface area contributed by atoms with Crippen molar-refractivity contribution in [1.82, 2.24) is 0 Å². The minimum absolute atomic E-state index is 0.662. The van der Waals surface area contributed by atoms with Gasteiger partial charge in [-0.15, -0.1) is 0 Å². The molecule has 1 unspecified atom stereocenters. The smallest absolute Gasteiger partial charge is 0.0199 e. The van der Waals surface area contributed by atoms with E-state index in [4.69, 9.17) is 0 Å². The molecule has 0 saturated heterocycles. The lowest BCUT2D eigenvalue weighted by molar-refractivity contribution is 0.588. The molecule has 2 radical (unpaired) electrons. The quantitative estimate of drug-likeness (QED) is 0.562. The van der Waals surface area contributed by atoms with Crippen molar-refractivity contribution in [2.24, 2.45) is 5.92 Å². The number of rotatable bonds is 5. The van der Waals surface area contributed by atoms with E-state index in [0.717, 1.165) is 6.42 Å². The van der Waals surface area contributed by atoms with Gasteiger partial charge in [0, 0.05) is 0 Å². The van der Waals surface area contributed by atoms with Gasteiger partial charge in [0.05, 0.1) is 0 Å². The highest BCUT2D eigenvalue weighted by Gasteiger charge is 1.98. The molecular formula is C11H18. The van der Waals surface area contributed by atoms with Crippen molar-refractivity contribution < 1.29 is 0 Å². The summed E-state index contributed by atoms with van der Waals surface area (Å²) in [6.45, 7) is 9.56. The summed E-state index contributed by atoms with van der Waals surface area (Å²) in [5.41, 5.74) is 0. The van der Waals surface area contributed by atoms with Crippen molar-refractivity contribution in [2.75, 3.05) is 0 Å². The van der Waals surface area contributed by atoms with Crippen LogP contribution in [0.5, 0.6) is 0 Å². The van der Waals surface area contributed by atoms with Gasteiger partial charge in [-0.3, -0.25) is 0 Å². The van der Waals surface area contributed by atoms with E-state index in [-0.39, 0.29) is 0 Å². The van der Waals surface area contributed by atoms with Gasteiger partial charge in [0.15, 0.2) is 0 Å². The van der Waals surface area contributed by atoms with Crippen molar-refractivity contribution in [1.29, 1.82) is 0 Å². The highest BCUT2D eigenvalue weighted by Crippen LogP contribution is 2.13. The first-order chi connectivity index (χ1) is 5.35. The molecule has 0 saturated carbocycles. The lowest BCUT2D eigenvalue weighted by Crippen LogP contribution is -1.92. The number of hydrogen-bond donors (Lipinski definition) is 0. The third-order valence-corrected chi connectivity index (χ3v) is 1.67. The summed E-state index contributed by atoms with van der Waals surface area (Å²) in [6, 6.07) is 0. The highest BCUT2D eigenvalue weighted by molar-refractivity contribution is 4.95. The van der Waals surface area contributed by atoms with E-state index >= 15 is 0 Å². The molecule has 0 aliphatic carbocycles. The molecule has 0 spiro atoms. The molecule has 1 atom stereocenters. The second-order valence-electron chi connectivity index (χ2n) is 2.68.